The van der Waals surface area contributed by atoms with Gasteiger partial charge < -0.3 is 14.4 Å². The summed E-state index contributed by atoms with van der Waals surface area (Å²) in [5.74, 6) is 0.687. The van der Waals surface area contributed by atoms with Gasteiger partial charge in [0, 0.05) is 31.1 Å². The molecule has 1 aliphatic heterocycles. The number of amides is 1. The summed E-state index contributed by atoms with van der Waals surface area (Å²) in [5.41, 5.74) is 4.48. The standard InChI is InChI=1S/C19H25N3O3/c1-11-6-7-16(24-5)14(8-11)10-22(4)19(23)18-15-9-12(2)25-13(3)17(15)20-21-18/h6-8,12-13H,9-10H2,1-5H3,(H,20,21)/t12-,13+/m0/s1. The summed E-state index contributed by atoms with van der Waals surface area (Å²) < 4.78 is 11.2. The van der Waals surface area contributed by atoms with E-state index in [0.717, 1.165) is 28.1 Å². The lowest BCUT2D eigenvalue weighted by molar-refractivity contribution is -0.00701. The number of aromatic amines is 1. The second kappa shape index (κ2) is 6.88. The molecule has 0 unspecified atom stereocenters. The Morgan fingerprint density at radius 1 is 1.44 bits per heavy atom. The Balaban J connectivity index is 1.84. The minimum Gasteiger partial charge on any atom is -0.496 e. The number of nitrogens with zero attached hydrogens (tertiary/aromatic N) is 2. The smallest absolute Gasteiger partial charge is 0.274 e. The van der Waals surface area contributed by atoms with E-state index in [0.29, 0.717) is 18.7 Å². The van der Waals surface area contributed by atoms with Crippen molar-refractivity contribution in [1.29, 1.82) is 0 Å². The Kier molecular flexibility index (Phi) is 4.81. The van der Waals surface area contributed by atoms with E-state index in [1.165, 1.54) is 0 Å². The summed E-state index contributed by atoms with van der Waals surface area (Å²) in [6.07, 6.45) is 0.697. The highest BCUT2D eigenvalue weighted by Crippen LogP contribution is 2.31. The summed E-state index contributed by atoms with van der Waals surface area (Å²) in [6.45, 7) is 6.48. The van der Waals surface area contributed by atoms with E-state index >= 15 is 0 Å². The number of aryl methyl sites for hydroxylation is 1. The van der Waals surface area contributed by atoms with Gasteiger partial charge in [-0.3, -0.25) is 9.89 Å². The summed E-state index contributed by atoms with van der Waals surface area (Å²) in [7, 11) is 3.43. The highest BCUT2D eigenvalue weighted by atomic mass is 16.5. The molecule has 1 amide bonds. The van der Waals surface area contributed by atoms with E-state index in [1.54, 1.807) is 19.1 Å². The van der Waals surface area contributed by atoms with E-state index in [1.807, 2.05) is 39.0 Å². The van der Waals surface area contributed by atoms with Crippen LogP contribution in [0.25, 0.3) is 0 Å². The number of nitrogens with one attached hydrogen (secondary N) is 1. The van der Waals surface area contributed by atoms with Gasteiger partial charge in [0.05, 0.1) is 25.0 Å². The molecule has 2 aromatic rings. The lowest BCUT2D eigenvalue weighted by Crippen LogP contribution is -2.29. The molecule has 6 heteroatoms. The number of benzene rings is 1. The van der Waals surface area contributed by atoms with E-state index < -0.39 is 0 Å². The number of rotatable bonds is 4. The molecule has 3 rings (SSSR count). The fourth-order valence-corrected chi connectivity index (χ4v) is 3.39. The molecule has 0 radical (unpaired) electrons. The minimum atomic E-state index is -0.0950. The molecule has 0 saturated heterocycles. The number of carbonyl (C=O) groups is 1. The number of fused-ring (bicyclic) bond motifs is 1. The van der Waals surface area contributed by atoms with Crippen molar-refractivity contribution in [3.05, 3.63) is 46.3 Å². The van der Waals surface area contributed by atoms with Gasteiger partial charge >= 0.3 is 0 Å². The van der Waals surface area contributed by atoms with Crippen LogP contribution in [0, 0.1) is 6.92 Å². The largest absolute Gasteiger partial charge is 0.496 e. The predicted octanol–water partition coefficient (Wildman–Crippen LogP) is 3.02. The van der Waals surface area contributed by atoms with Gasteiger partial charge in [-0.2, -0.15) is 5.10 Å². The molecule has 0 spiro atoms. The van der Waals surface area contributed by atoms with Gasteiger partial charge in [-0.05, 0) is 26.8 Å². The number of hydrogen-bond acceptors (Lipinski definition) is 4. The zero-order chi connectivity index (χ0) is 18.1. The van der Waals surface area contributed by atoms with Crippen molar-refractivity contribution < 1.29 is 14.3 Å². The lowest BCUT2D eigenvalue weighted by Gasteiger charge is -2.26. The Labute approximate surface area is 148 Å². The van der Waals surface area contributed by atoms with E-state index in [-0.39, 0.29) is 18.1 Å². The van der Waals surface area contributed by atoms with Crippen molar-refractivity contribution in [2.45, 2.75) is 45.9 Å². The van der Waals surface area contributed by atoms with Crippen molar-refractivity contribution in [3.63, 3.8) is 0 Å². The van der Waals surface area contributed by atoms with Crippen molar-refractivity contribution in [1.82, 2.24) is 15.1 Å². The van der Waals surface area contributed by atoms with Gasteiger partial charge in [0.25, 0.3) is 5.91 Å². The minimum absolute atomic E-state index is 0.0741. The van der Waals surface area contributed by atoms with Crippen molar-refractivity contribution in [2.24, 2.45) is 0 Å². The van der Waals surface area contributed by atoms with Crippen LogP contribution in [0.3, 0.4) is 0 Å². The molecule has 1 aromatic carbocycles. The second-order valence-electron chi connectivity index (χ2n) is 6.73. The molecular formula is C19H25N3O3. The molecule has 0 aliphatic carbocycles. The maximum absolute atomic E-state index is 12.9. The zero-order valence-corrected chi connectivity index (χ0v) is 15.4. The Morgan fingerprint density at radius 3 is 2.92 bits per heavy atom. The molecule has 2 heterocycles. The predicted molar refractivity (Wildman–Crippen MR) is 94.8 cm³/mol. The quantitative estimate of drug-likeness (QED) is 0.927. The number of hydrogen-bond donors (Lipinski definition) is 1. The van der Waals surface area contributed by atoms with Crippen LogP contribution in [-0.2, 0) is 17.7 Å². The van der Waals surface area contributed by atoms with Gasteiger partial charge in [0.15, 0.2) is 5.69 Å². The van der Waals surface area contributed by atoms with Gasteiger partial charge in [-0.1, -0.05) is 17.7 Å². The molecule has 1 aliphatic rings. The molecule has 6 nitrogen and oxygen atoms in total. The van der Waals surface area contributed by atoms with Crippen molar-refractivity contribution in [3.8, 4) is 5.75 Å². The van der Waals surface area contributed by atoms with E-state index in [2.05, 4.69) is 10.2 Å². The molecule has 134 valence electrons. The van der Waals surface area contributed by atoms with Gasteiger partial charge in [0.1, 0.15) is 5.75 Å². The molecule has 25 heavy (non-hydrogen) atoms. The molecule has 0 saturated carbocycles. The van der Waals surface area contributed by atoms with Crippen LogP contribution >= 0.6 is 0 Å². The molecular weight excluding hydrogens is 318 g/mol. The average molecular weight is 343 g/mol. The number of carbonyl (C=O) groups excluding carboxylic acids is 1. The molecule has 1 N–H and O–H groups in total. The third-order valence-electron chi connectivity index (χ3n) is 4.63. The van der Waals surface area contributed by atoms with Crippen LogP contribution in [0.1, 0.15) is 52.8 Å². The van der Waals surface area contributed by atoms with Crippen LogP contribution in [-0.4, -0.2) is 41.3 Å². The fourth-order valence-electron chi connectivity index (χ4n) is 3.39. The van der Waals surface area contributed by atoms with Crippen molar-refractivity contribution >= 4 is 5.91 Å². The Bertz CT molecular complexity index is 784. The SMILES string of the molecule is COc1ccc(C)cc1CN(C)C(=O)c1n[nH]c2c1C[C@H](C)O[C@@H]2C. The zero-order valence-electron chi connectivity index (χ0n) is 15.4. The van der Waals surface area contributed by atoms with Gasteiger partial charge in [0.2, 0.25) is 0 Å². The van der Waals surface area contributed by atoms with Crippen LogP contribution < -0.4 is 4.74 Å². The normalized spacial score (nSPS) is 19.4. The van der Waals surface area contributed by atoms with Crippen LogP contribution in [0.15, 0.2) is 18.2 Å². The summed E-state index contributed by atoms with van der Waals surface area (Å²) >= 11 is 0. The molecule has 0 fully saturated rings. The molecule has 1 aromatic heterocycles. The van der Waals surface area contributed by atoms with E-state index in [4.69, 9.17) is 9.47 Å². The second-order valence-corrected chi connectivity index (χ2v) is 6.73. The Morgan fingerprint density at radius 2 is 2.20 bits per heavy atom. The first-order valence-corrected chi connectivity index (χ1v) is 8.52. The fraction of sp³-hybridized carbons (Fsp3) is 0.474. The number of methoxy groups -OCH3 is 1. The first-order valence-electron chi connectivity index (χ1n) is 8.52. The number of aromatic nitrogens is 2. The third kappa shape index (κ3) is 3.39. The topological polar surface area (TPSA) is 67.5 Å². The summed E-state index contributed by atoms with van der Waals surface area (Å²) in [4.78, 5) is 14.6. The lowest BCUT2D eigenvalue weighted by atomic mass is 9.99. The van der Waals surface area contributed by atoms with Crippen LogP contribution in [0.4, 0.5) is 0 Å². The number of ether oxygens (including phenoxy) is 2. The first kappa shape index (κ1) is 17.5. The van der Waals surface area contributed by atoms with E-state index in [9.17, 15) is 4.79 Å². The van der Waals surface area contributed by atoms with Crippen molar-refractivity contribution in [2.75, 3.05) is 14.2 Å². The van der Waals surface area contributed by atoms with Crippen LogP contribution in [0.2, 0.25) is 0 Å². The summed E-state index contributed by atoms with van der Waals surface area (Å²) in [6, 6.07) is 5.97. The van der Waals surface area contributed by atoms with Gasteiger partial charge in [-0.15, -0.1) is 0 Å². The highest BCUT2D eigenvalue weighted by Gasteiger charge is 2.30. The molecule has 0 bridgehead atoms. The highest BCUT2D eigenvalue weighted by molar-refractivity contribution is 5.94. The van der Waals surface area contributed by atoms with Crippen LogP contribution in [0.5, 0.6) is 5.75 Å². The average Bonchev–Trinajstić information content (AvgIpc) is 2.98. The monoisotopic (exact) mass is 343 g/mol. The number of H-pyrrole nitrogens is 1. The summed E-state index contributed by atoms with van der Waals surface area (Å²) in [5, 5.41) is 7.26. The Hall–Kier alpha value is -2.34. The maximum atomic E-state index is 12.9. The maximum Gasteiger partial charge on any atom is 0.274 e. The molecule has 2 atom stereocenters. The van der Waals surface area contributed by atoms with Gasteiger partial charge in [-0.25, -0.2) is 0 Å². The first-order chi connectivity index (χ1) is 11.9. The third-order valence-corrected chi connectivity index (χ3v) is 4.63.